The zero-order chi connectivity index (χ0) is 11.5. The van der Waals surface area contributed by atoms with Gasteiger partial charge in [0.05, 0.1) is 5.38 Å². The lowest BCUT2D eigenvalue weighted by Gasteiger charge is -2.03. The molecule has 0 radical (unpaired) electrons. The summed E-state index contributed by atoms with van der Waals surface area (Å²) in [5.74, 6) is 0.300. The highest BCUT2D eigenvalue weighted by Gasteiger charge is 2.05. The predicted molar refractivity (Wildman–Crippen MR) is 61.7 cm³/mol. The Hall–Kier alpha value is -1.48. The van der Waals surface area contributed by atoms with E-state index in [2.05, 4.69) is 9.97 Å². The van der Waals surface area contributed by atoms with Crippen molar-refractivity contribution in [2.75, 3.05) is 0 Å². The minimum absolute atomic E-state index is 0.221. The molecule has 0 saturated heterocycles. The van der Waals surface area contributed by atoms with Crippen molar-refractivity contribution in [3.8, 4) is 11.1 Å². The Labute approximate surface area is 98.1 Å². The van der Waals surface area contributed by atoms with Gasteiger partial charge in [-0.05, 0) is 24.6 Å². The Morgan fingerprint density at radius 1 is 1.19 bits per heavy atom. The van der Waals surface area contributed by atoms with Crippen LogP contribution in [-0.4, -0.2) is 9.97 Å². The van der Waals surface area contributed by atoms with Crippen LogP contribution in [0.3, 0.4) is 0 Å². The van der Waals surface area contributed by atoms with Gasteiger partial charge in [0.2, 0.25) is 0 Å². The summed E-state index contributed by atoms with van der Waals surface area (Å²) in [5.41, 5.74) is 1.54. The van der Waals surface area contributed by atoms with Crippen LogP contribution in [0.1, 0.15) is 18.1 Å². The zero-order valence-electron chi connectivity index (χ0n) is 8.69. The molecule has 1 aromatic carbocycles. The lowest BCUT2D eigenvalue weighted by Crippen LogP contribution is -1.94. The lowest BCUT2D eigenvalue weighted by molar-refractivity contribution is 0.628. The Balaban J connectivity index is 2.35. The van der Waals surface area contributed by atoms with E-state index in [-0.39, 0.29) is 11.2 Å². The van der Waals surface area contributed by atoms with E-state index < -0.39 is 0 Å². The second-order valence-electron chi connectivity index (χ2n) is 3.46. The first kappa shape index (κ1) is 11.0. The molecule has 0 aliphatic carbocycles. The highest BCUT2D eigenvalue weighted by molar-refractivity contribution is 6.20. The Morgan fingerprint density at radius 2 is 1.88 bits per heavy atom. The summed E-state index contributed by atoms with van der Waals surface area (Å²) in [5, 5.41) is -0.221. The Bertz CT molecular complexity index is 483. The van der Waals surface area contributed by atoms with Gasteiger partial charge >= 0.3 is 0 Å². The number of nitrogens with zero attached hydrogens (tertiary/aromatic N) is 2. The summed E-state index contributed by atoms with van der Waals surface area (Å²) in [6, 6.07) is 6.32. The SMILES string of the molecule is CC(Cl)c1ncc(-c2cccc(F)c2)cn1. The summed E-state index contributed by atoms with van der Waals surface area (Å²) < 4.78 is 13.0. The molecule has 0 fully saturated rings. The largest absolute Gasteiger partial charge is 0.239 e. The van der Waals surface area contributed by atoms with Crippen LogP contribution in [0.25, 0.3) is 11.1 Å². The van der Waals surface area contributed by atoms with Crippen molar-refractivity contribution in [3.05, 3.63) is 48.3 Å². The number of halogens is 2. The fraction of sp³-hybridized carbons (Fsp3) is 0.167. The predicted octanol–water partition coefficient (Wildman–Crippen LogP) is 3.58. The van der Waals surface area contributed by atoms with Crippen molar-refractivity contribution in [3.63, 3.8) is 0 Å². The van der Waals surface area contributed by atoms with E-state index in [1.165, 1.54) is 12.1 Å². The van der Waals surface area contributed by atoms with Crippen LogP contribution >= 0.6 is 11.6 Å². The number of aromatic nitrogens is 2. The molecule has 0 bridgehead atoms. The van der Waals surface area contributed by atoms with E-state index in [0.717, 1.165) is 11.1 Å². The van der Waals surface area contributed by atoms with Crippen LogP contribution < -0.4 is 0 Å². The maximum Gasteiger partial charge on any atom is 0.145 e. The van der Waals surface area contributed by atoms with Crippen LogP contribution in [0.15, 0.2) is 36.7 Å². The summed E-state index contributed by atoms with van der Waals surface area (Å²) >= 11 is 5.84. The van der Waals surface area contributed by atoms with E-state index in [1.807, 2.05) is 6.07 Å². The molecule has 0 aliphatic rings. The molecule has 0 spiro atoms. The van der Waals surface area contributed by atoms with E-state index >= 15 is 0 Å². The van der Waals surface area contributed by atoms with Gasteiger partial charge in [-0.25, -0.2) is 14.4 Å². The average molecular weight is 237 g/mol. The quantitative estimate of drug-likeness (QED) is 0.745. The molecule has 1 heterocycles. The first-order valence-electron chi connectivity index (χ1n) is 4.89. The van der Waals surface area contributed by atoms with Gasteiger partial charge < -0.3 is 0 Å². The molecule has 1 aromatic heterocycles. The van der Waals surface area contributed by atoms with E-state index in [4.69, 9.17) is 11.6 Å². The van der Waals surface area contributed by atoms with Gasteiger partial charge in [-0.15, -0.1) is 11.6 Å². The van der Waals surface area contributed by atoms with Crippen molar-refractivity contribution in [1.29, 1.82) is 0 Å². The lowest BCUT2D eigenvalue weighted by atomic mass is 10.1. The van der Waals surface area contributed by atoms with Crippen molar-refractivity contribution in [2.24, 2.45) is 0 Å². The standard InChI is InChI=1S/C12H10ClFN2/c1-8(13)12-15-6-10(7-16-12)9-3-2-4-11(14)5-9/h2-8H,1H3. The van der Waals surface area contributed by atoms with Crippen LogP contribution in [0, 0.1) is 5.82 Å². The molecule has 0 N–H and O–H groups in total. The minimum atomic E-state index is -0.271. The Kier molecular flexibility index (Phi) is 3.15. The van der Waals surface area contributed by atoms with Gasteiger partial charge in [0, 0.05) is 18.0 Å². The highest BCUT2D eigenvalue weighted by atomic mass is 35.5. The molecular weight excluding hydrogens is 227 g/mol. The average Bonchev–Trinajstić information content (AvgIpc) is 2.29. The summed E-state index contributed by atoms with van der Waals surface area (Å²) in [6.07, 6.45) is 3.30. The summed E-state index contributed by atoms with van der Waals surface area (Å²) in [4.78, 5) is 8.24. The topological polar surface area (TPSA) is 25.8 Å². The maximum atomic E-state index is 13.0. The molecule has 2 nitrogen and oxygen atoms in total. The van der Waals surface area contributed by atoms with Gasteiger partial charge in [0.15, 0.2) is 0 Å². The summed E-state index contributed by atoms with van der Waals surface area (Å²) in [6.45, 7) is 1.80. The van der Waals surface area contributed by atoms with Crippen molar-refractivity contribution < 1.29 is 4.39 Å². The fourth-order valence-corrected chi connectivity index (χ4v) is 1.47. The molecule has 16 heavy (non-hydrogen) atoms. The second kappa shape index (κ2) is 4.58. The van der Waals surface area contributed by atoms with Crippen molar-refractivity contribution >= 4 is 11.6 Å². The smallest absolute Gasteiger partial charge is 0.145 e. The zero-order valence-corrected chi connectivity index (χ0v) is 9.45. The molecular formula is C12H10ClFN2. The number of hydrogen-bond donors (Lipinski definition) is 0. The third-order valence-electron chi connectivity index (χ3n) is 2.19. The van der Waals surface area contributed by atoms with E-state index in [1.54, 1.807) is 25.4 Å². The third kappa shape index (κ3) is 2.36. The van der Waals surface area contributed by atoms with Crippen molar-refractivity contribution in [1.82, 2.24) is 9.97 Å². The molecule has 82 valence electrons. The highest BCUT2D eigenvalue weighted by Crippen LogP contribution is 2.20. The van der Waals surface area contributed by atoms with Crippen LogP contribution in [0.5, 0.6) is 0 Å². The van der Waals surface area contributed by atoms with Crippen LogP contribution in [0.4, 0.5) is 4.39 Å². The van der Waals surface area contributed by atoms with Gasteiger partial charge in [-0.1, -0.05) is 12.1 Å². The van der Waals surface area contributed by atoms with Gasteiger partial charge in [0.25, 0.3) is 0 Å². The first-order valence-corrected chi connectivity index (χ1v) is 5.32. The van der Waals surface area contributed by atoms with Gasteiger partial charge in [0.1, 0.15) is 11.6 Å². The number of benzene rings is 1. The molecule has 2 aromatic rings. The fourth-order valence-electron chi connectivity index (χ4n) is 1.36. The number of alkyl halides is 1. The molecule has 4 heteroatoms. The third-order valence-corrected chi connectivity index (χ3v) is 2.38. The molecule has 2 rings (SSSR count). The minimum Gasteiger partial charge on any atom is -0.239 e. The van der Waals surface area contributed by atoms with E-state index in [9.17, 15) is 4.39 Å². The summed E-state index contributed by atoms with van der Waals surface area (Å²) in [7, 11) is 0. The number of rotatable bonds is 2. The van der Waals surface area contributed by atoms with Crippen LogP contribution in [-0.2, 0) is 0 Å². The normalized spacial score (nSPS) is 12.4. The first-order chi connectivity index (χ1) is 7.66. The van der Waals surface area contributed by atoms with Crippen molar-refractivity contribution in [2.45, 2.75) is 12.3 Å². The molecule has 0 aliphatic heterocycles. The molecule has 1 unspecified atom stereocenters. The Morgan fingerprint density at radius 3 is 2.44 bits per heavy atom. The van der Waals surface area contributed by atoms with Crippen LogP contribution in [0.2, 0.25) is 0 Å². The molecule has 0 amide bonds. The second-order valence-corrected chi connectivity index (χ2v) is 4.11. The van der Waals surface area contributed by atoms with Gasteiger partial charge in [-0.2, -0.15) is 0 Å². The van der Waals surface area contributed by atoms with Gasteiger partial charge in [-0.3, -0.25) is 0 Å². The van der Waals surface area contributed by atoms with E-state index in [0.29, 0.717) is 5.82 Å². The maximum absolute atomic E-state index is 13.0. The monoisotopic (exact) mass is 236 g/mol. The molecule has 1 atom stereocenters. The molecule has 0 saturated carbocycles. The number of hydrogen-bond acceptors (Lipinski definition) is 2.